The third-order valence-corrected chi connectivity index (χ3v) is 12.1. The topological polar surface area (TPSA) is 16.4 Å². The molecular formula is C52H33NOS. The highest BCUT2D eigenvalue weighted by Gasteiger charge is 2.23. The van der Waals surface area contributed by atoms with E-state index < -0.39 is 0 Å². The lowest BCUT2D eigenvalue weighted by Gasteiger charge is -2.28. The minimum atomic E-state index is 0.864. The predicted molar refractivity (Wildman–Crippen MR) is 235 cm³/mol. The van der Waals surface area contributed by atoms with Crippen molar-refractivity contribution in [3.63, 3.8) is 0 Å². The zero-order chi connectivity index (χ0) is 36.3. The molecule has 11 rings (SSSR count). The van der Waals surface area contributed by atoms with Crippen LogP contribution in [0.4, 0.5) is 17.1 Å². The molecule has 11 aromatic rings. The molecule has 2 heterocycles. The highest BCUT2D eigenvalue weighted by Crippen LogP contribution is 2.48. The van der Waals surface area contributed by atoms with E-state index in [-0.39, 0.29) is 0 Å². The molecular weight excluding hydrogens is 687 g/mol. The predicted octanol–water partition coefficient (Wildman–Crippen LogP) is 15.6. The van der Waals surface area contributed by atoms with Gasteiger partial charge in [0.15, 0.2) is 5.58 Å². The summed E-state index contributed by atoms with van der Waals surface area (Å²) in [6, 6.07) is 72.1. The van der Waals surface area contributed by atoms with Gasteiger partial charge in [-0.25, -0.2) is 0 Å². The minimum Gasteiger partial charge on any atom is -0.454 e. The number of rotatable bonds is 6. The average molecular weight is 720 g/mol. The van der Waals surface area contributed by atoms with E-state index in [1.807, 2.05) is 17.4 Å². The average Bonchev–Trinajstić information content (AvgIpc) is 3.83. The second kappa shape index (κ2) is 12.9. The van der Waals surface area contributed by atoms with Crippen molar-refractivity contribution in [3.8, 4) is 33.4 Å². The van der Waals surface area contributed by atoms with Gasteiger partial charge in [0, 0.05) is 47.8 Å². The van der Waals surface area contributed by atoms with E-state index >= 15 is 0 Å². The largest absolute Gasteiger partial charge is 0.454 e. The van der Waals surface area contributed by atoms with E-state index in [2.05, 4.69) is 199 Å². The lowest BCUT2D eigenvalue weighted by Crippen LogP contribution is -2.11. The number of benzene rings is 9. The lowest BCUT2D eigenvalue weighted by atomic mass is 9.96. The number of furan rings is 1. The third-order valence-electron chi connectivity index (χ3n) is 10.9. The molecule has 3 heteroatoms. The lowest BCUT2D eigenvalue weighted by molar-refractivity contribution is 0.669. The Morgan fingerprint density at radius 3 is 1.93 bits per heavy atom. The second-order valence-electron chi connectivity index (χ2n) is 14.0. The van der Waals surface area contributed by atoms with Crippen molar-refractivity contribution >= 4 is 81.3 Å². The maximum absolute atomic E-state index is 6.72. The van der Waals surface area contributed by atoms with E-state index in [9.17, 15) is 0 Å². The van der Waals surface area contributed by atoms with Gasteiger partial charge in [-0.15, -0.1) is 11.3 Å². The molecule has 0 N–H and O–H groups in total. The van der Waals surface area contributed by atoms with Crippen LogP contribution in [0.25, 0.3) is 86.3 Å². The SMILES string of the molecule is c1cc(-c2ccc(-c3cccc4ccccc34)cc2)cc(N(c2ccccc2-c2cccc3c2sc2ccccc23)c2cccc3c2oc2ccccc23)c1. The number of fused-ring (bicyclic) bond motifs is 7. The smallest absolute Gasteiger partial charge is 0.159 e. The summed E-state index contributed by atoms with van der Waals surface area (Å²) in [6.45, 7) is 0. The Hall–Kier alpha value is -6.94. The van der Waals surface area contributed by atoms with Crippen LogP contribution in [-0.4, -0.2) is 0 Å². The van der Waals surface area contributed by atoms with Crippen LogP contribution in [0.15, 0.2) is 205 Å². The van der Waals surface area contributed by atoms with Crippen LogP contribution < -0.4 is 4.90 Å². The number of hydrogen-bond donors (Lipinski definition) is 0. The van der Waals surface area contributed by atoms with Gasteiger partial charge in [0.2, 0.25) is 0 Å². The van der Waals surface area contributed by atoms with Crippen LogP contribution in [-0.2, 0) is 0 Å². The summed E-state index contributed by atoms with van der Waals surface area (Å²) >= 11 is 1.86. The molecule has 0 amide bonds. The number of thiophene rings is 1. The molecule has 2 aromatic heterocycles. The molecule has 0 radical (unpaired) electrons. The highest BCUT2D eigenvalue weighted by atomic mass is 32.1. The van der Waals surface area contributed by atoms with Gasteiger partial charge in [0.05, 0.1) is 11.4 Å². The molecule has 55 heavy (non-hydrogen) atoms. The van der Waals surface area contributed by atoms with Gasteiger partial charge >= 0.3 is 0 Å². The Balaban J connectivity index is 1.10. The van der Waals surface area contributed by atoms with Crippen molar-refractivity contribution in [3.05, 3.63) is 200 Å². The molecule has 0 atom stereocenters. The summed E-state index contributed by atoms with van der Waals surface area (Å²) in [5, 5.41) is 7.31. The molecule has 0 saturated heterocycles. The summed E-state index contributed by atoms with van der Waals surface area (Å²) in [6.07, 6.45) is 0. The van der Waals surface area contributed by atoms with E-state index in [0.717, 1.165) is 55.7 Å². The number of hydrogen-bond acceptors (Lipinski definition) is 3. The Morgan fingerprint density at radius 1 is 0.382 bits per heavy atom. The molecule has 0 spiro atoms. The zero-order valence-corrected chi connectivity index (χ0v) is 30.6. The van der Waals surface area contributed by atoms with Gasteiger partial charge in [-0.2, -0.15) is 0 Å². The molecule has 9 aromatic carbocycles. The quantitative estimate of drug-likeness (QED) is 0.170. The molecule has 0 bridgehead atoms. The molecule has 0 aliphatic carbocycles. The van der Waals surface area contributed by atoms with Crippen LogP contribution in [0.1, 0.15) is 0 Å². The number of para-hydroxylation sites is 3. The molecule has 0 unspecified atom stereocenters. The fraction of sp³-hybridized carbons (Fsp3) is 0. The van der Waals surface area contributed by atoms with Gasteiger partial charge in [0.1, 0.15) is 5.58 Å². The molecule has 0 saturated carbocycles. The summed E-state index contributed by atoms with van der Waals surface area (Å²) < 4.78 is 9.31. The monoisotopic (exact) mass is 719 g/mol. The Kier molecular flexibility index (Phi) is 7.39. The fourth-order valence-corrected chi connectivity index (χ4v) is 9.55. The van der Waals surface area contributed by atoms with E-state index in [4.69, 9.17) is 4.42 Å². The van der Waals surface area contributed by atoms with E-state index in [0.29, 0.717) is 0 Å². The molecule has 258 valence electrons. The normalized spacial score (nSPS) is 11.6. The van der Waals surface area contributed by atoms with Gasteiger partial charge < -0.3 is 9.32 Å². The van der Waals surface area contributed by atoms with Crippen molar-refractivity contribution in [2.45, 2.75) is 0 Å². The number of nitrogens with zero attached hydrogens (tertiary/aromatic N) is 1. The van der Waals surface area contributed by atoms with Gasteiger partial charge in [-0.05, 0) is 69.4 Å². The Bertz CT molecular complexity index is 3220. The summed E-state index contributed by atoms with van der Waals surface area (Å²) in [5.74, 6) is 0. The van der Waals surface area contributed by atoms with Crippen molar-refractivity contribution in [2.75, 3.05) is 4.90 Å². The van der Waals surface area contributed by atoms with E-state index in [1.165, 1.54) is 47.6 Å². The maximum Gasteiger partial charge on any atom is 0.159 e. The summed E-state index contributed by atoms with van der Waals surface area (Å²) in [5.41, 5.74) is 12.0. The first-order valence-electron chi connectivity index (χ1n) is 18.7. The zero-order valence-electron chi connectivity index (χ0n) is 29.8. The van der Waals surface area contributed by atoms with Crippen molar-refractivity contribution in [1.29, 1.82) is 0 Å². The van der Waals surface area contributed by atoms with Gasteiger partial charge in [-0.1, -0.05) is 164 Å². The molecule has 0 aliphatic rings. The third kappa shape index (κ3) is 5.24. The van der Waals surface area contributed by atoms with Crippen LogP contribution in [0, 0.1) is 0 Å². The first kappa shape index (κ1) is 31.6. The van der Waals surface area contributed by atoms with Crippen molar-refractivity contribution in [2.24, 2.45) is 0 Å². The molecule has 0 fully saturated rings. The first-order valence-corrected chi connectivity index (χ1v) is 19.5. The van der Waals surface area contributed by atoms with Crippen LogP contribution in [0.2, 0.25) is 0 Å². The Morgan fingerprint density at radius 2 is 1.00 bits per heavy atom. The first-order chi connectivity index (χ1) is 27.3. The fourth-order valence-electron chi connectivity index (χ4n) is 8.32. The Labute approximate surface area is 322 Å². The van der Waals surface area contributed by atoms with Crippen molar-refractivity contribution in [1.82, 2.24) is 0 Å². The molecule has 0 aliphatic heterocycles. The van der Waals surface area contributed by atoms with E-state index in [1.54, 1.807) is 0 Å². The van der Waals surface area contributed by atoms with Crippen LogP contribution in [0.5, 0.6) is 0 Å². The minimum absolute atomic E-state index is 0.864. The van der Waals surface area contributed by atoms with Crippen LogP contribution in [0.3, 0.4) is 0 Å². The highest BCUT2D eigenvalue weighted by molar-refractivity contribution is 7.26. The van der Waals surface area contributed by atoms with Gasteiger partial charge in [0.25, 0.3) is 0 Å². The number of anilines is 3. The standard InChI is InChI=1S/C52H33NOS/c1-2-17-39-35(13-1)14-10-21-40(39)36-31-29-34(30-32-36)37-15-9-16-38(33-37)53(48-26-12-22-44-42-19-4-7-27-49(42)54-51(44)48)47-25-6-3-18-41(47)45-23-11-24-46-43-20-5-8-28-50(43)55-52(45)46/h1-33H. The van der Waals surface area contributed by atoms with Crippen LogP contribution >= 0.6 is 11.3 Å². The molecule has 2 nitrogen and oxygen atoms in total. The second-order valence-corrected chi connectivity index (χ2v) is 15.1. The summed E-state index contributed by atoms with van der Waals surface area (Å²) in [7, 11) is 0. The van der Waals surface area contributed by atoms with Crippen molar-refractivity contribution < 1.29 is 4.42 Å². The van der Waals surface area contributed by atoms with Gasteiger partial charge in [-0.3, -0.25) is 0 Å². The maximum atomic E-state index is 6.72. The summed E-state index contributed by atoms with van der Waals surface area (Å²) in [4.78, 5) is 2.39.